The SMILES string of the molecule is O=C(Cn1cc(Br)ccc1=O)Nc1ccccc1-n1ncc2c(=O)[nH]cnc21. The second kappa shape index (κ2) is 7.24. The molecule has 0 unspecified atom stereocenters. The van der Waals surface area contributed by atoms with Gasteiger partial charge < -0.3 is 14.9 Å². The zero-order valence-electron chi connectivity index (χ0n) is 14.3. The highest BCUT2D eigenvalue weighted by atomic mass is 79.9. The molecule has 3 aromatic heterocycles. The van der Waals surface area contributed by atoms with Gasteiger partial charge in [0.1, 0.15) is 11.9 Å². The summed E-state index contributed by atoms with van der Waals surface area (Å²) in [6.07, 6.45) is 4.26. The molecule has 0 bridgehead atoms. The number of hydrogen-bond donors (Lipinski definition) is 2. The van der Waals surface area contributed by atoms with E-state index in [-0.39, 0.29) is 23.6 Å². The molecule has 9 nitrogen and oxygen atoms in total. The molecular formula is C18H13BrN6O3. The van der Waals surface area contributed by atoms with Gasteiger partial charge >= 0.3 is 0 Å². The number of fused-ring (bicyclic) bond motifs is 1. The van der Waals surface area contributed by atoms with Crippen molar-refractivity contribution in [2.45, 2.75) is 6.54 Å². The minimum Gasteiger partial charge on any atom is -0.323 e. The largest absolute Gasteiger partial charge is 0.323 e. The van der Waals surface area contributed by atoms with Crippen LogP contribution in [0.1, 0.15) is 0 Å². The number of halogens is 1. The van der Waals surface area contributed by atoms with Crippen molar-refractivity contribution in [3.05, 3.63) is 80.3 Å². The maximum Gasteiger partial charge on any atom is 0.261 e. The van der Waals surface area contributed by atoms with Crippen molar-refractivity contribution in [3.8, 4) is 5.69 Å². The Bertz CT molecular complexity index is 1310. The van der Waals surface area contributed by atoms with Crippen molar-refractivity contribution in [3.63, 3.8) is 0 Å². The van der Waals surface area contributed by atoms with E-state index in [1.165, 1.54) is 27.8 Å². The third-order valence-corrected chi connectivity index (χ3v) is 4.51. The first-order chi connectivity index (χ1) is 13.5. The molecule has 0 aliphatic carbocycles. The average molecular weight is 441 g/mol. The summed E-state index contributed by atoms with van der Waals surface area (Å²) >= 11 is 3.28. The van der Waals surface area contributed by atoms with Crippen molar-refractivity contribution in [2.75, 3.05) is 5.32 Å². The number of carbonyl (C=O) groups excluding carboxylic acids is 1. The van der Waals surface area contributed by atoms with Gasteiger partial charge in [-0.2, -0.15) is 5.10 Å². The standard InChI is InChI=1S/C18H13BrN6O3/c19-11-5-6-16(27)24(8-11)9-15(26)23-13-3-1-2-4-14(13)25-17-12(7-22-25)18(28)21-10-20-17/h1-8,10H,9H2,(H,23,26)(H,20,21,28). The molecule has 3 heterocycles. The molecule has 0 saturated carbocycles. The molecule has 0 atom stereocenters. The maximum absolute atomic E-state index is 12.5. The lowest BCUT2D eigenvalue weighted by Crippen LogP contribution is -2.27. The fourth-order valence-electron chi connectivity index (χ4n) is 2.77. The number of nitrogens with zero attached hydrogens (tertiary/aromatic N) is 4. The number of nitrogens with one attached hydrogen (secondary N) is 2. The van der Waals surface area contributed by atoms with Crippen molar-refractivity contribution in [1.82, 2.24) is 24.3 Å². The van der Waals surface area contributed by atoms with E-state index < -0.39 is 0 Å². The molecular weight excluding hydrogens is 428 g/mol. The normalized spacial score (nSPS) is 10.9. The van der Waals surface area contributed by atoms with E-state index in [0.29, 0.717) is 26.9 Å². The first kappa shape index (κ1) is 17.9. The van der Waals surface area contributed by atoms with E-state index in [0.717, 1.165) is 0 Å². The summed E-state index contributed by atoms with van der Waals surface area (Å²) < 4.78 is 3.47. The highest BCUT2D eigenvalue weighted by Gasteiger charge is 2.14. The van der Waals surface area contributed by atoms with Crippen LogP contribution in [0.4, 0.5) is 5.69 Å². The number of aromatic nitrogens is 5. The van der Waals surface area contributed by atoms with E-state index in [4.69, 9.17) is 0 Å². The lowest BCUT2D eigenvalue weighted by Gasteiger charge is -2.12. The average Bonchev–Trinajstić information content (AvgIpc) is 3.10. The Morgan fingerprint density at radius 1 is 1.18 bits per heavy atom. The Hall–Kier alpha value is -3.53. The van der Waals surface area contributed by atoms with Gasteiger partial charge in [-0.15, -0.1) is 0 Å². The van der Waals surface area contributed by atoms with Crippen LogP contribution in [0.25, 0.3) is 16.7 Å². The number of anilines is 1. The van der Waals surface area contributed by atoms with Gasteiger partial charge in [-0.05, 0) is 34.1 Å². The monoisotopic (exact) mass is 440 g/mol. The smallest absolute Gasteiger partial charge is 0.261 e. The molecule has 0 aliphatic heterocycles. The van der Waals surface area contributed by atoms with Crippen LogP contribution in [-0.2, 0) is 11.3 Å². The molecule has 4 aromatic rings. The Morgan fingerprint density at radius 2 is 2.00 bits per heavy atom. The van der Waals surface area contributed by atoms with Crippen LogP contribution >= 0.6 is 15.9 Å². The molecule has 4 rings (SSSR count). The van der Waals surface area contributed by atoms with Gasteiger partial charge in [0.2, 0.25) is 5.91 Å². The van der Waals surface area contributed by atoms with Crippen molar-refractivity contribution in [2.24, 2.45) is 0 Å². The summed E-state index contributed by atoms with van der Waals surface area (Å²) in [5, 5.41) is 7.35. The fraction of sp³-hybridized carbons (Fsp3) is 0.0556. The summed E-state index contributed by atoms with van der Waals surface area (Å²) in [5.74, 6) is -0.380. The third kappa shape index (κ3) is 3.37. The number of benzene rings is 1. The number of rotatable bonds is 4. The minimum absolute atomic E-state index is 0.148. The van der Waals surface area contributed by atoms with Crippen LogP contribution in [-0.4, -0.2) is 30.2 Å². The van der Waals surface area contributed by atoms with Crippen molar-refractivity contribution < 1.29 is 4.79 Å². The minimum atomic E-state index is -0.380. The highest BCUT2D eigenvalue weighted by molar-refractivity contribution is 9.10. The topological polar surface area (TPSA) is 115 Å². The molecule has 0 fully saturated rings. The molecule has 0 saturated heterocycles. The Labute approximate surface area is 165 Å². The van der Waals surface area contributed by atoms with Gasteiger partial charge in [0, 0.05) is 16.7 Å². The molecule has 2 N–H and O–H groups in total. The van der Waals surface area contributed by atoms with Gasteiger partial charge in [-0.3, -0.25) is 14.4 Å². The Morgan fingerprint density at radius 3 is 2.86 bits per heavy atom. The van der Waals surface area contributed by atoms with Gasteiger partial charge in [-0.1, -0.05) is 12.1 Å². The van der Waals surface area contributed by atoms with Crippen LogP contribution in [0.15, 0.2) is 69.2 Å². The number of pyridine rings is 1. The molecule has 10 heteroatoms. The zero-order chi connectivity index (χ0) is 19.7. The Kier molecular flexibility index (Phi) is 4.62. The van der Waals surface area contributed by atoms with Crippen molar-refractivity contribution in [1.29, 1.82) is 0 Å². The van der Waals surface area contributed by atoms with E-state index in [1.54, 1.807) is 36.5 Å². The van der Waals surface area contributed by atoms with Crippen LogP contribution < -0.4 is 16.4 Å². The number of para-hydroxylation sites is 2. The second-order valence-electron chi connectivity index (χ2n) is 5.90. The van der Waals surface area contributed by atoms with E-state index in [9.17, 15) is 14.4 Å². The quantitative estimate of drug-likeness (QED) is 0.500. The number of H-pyrrole nitrogens is 1. The van der Waals surface area contributed by atoms with Crippen LogP contribution in [0, 0.1) is 0 Å². The van der Waals surface area contributed by atoms with Crippen LogP contribution in [0.3, 0.4) is 0 Å². The molecule has 0 aliphatic rings. The molecule has 140 valence electrons. The van der Waals surface area contributed by atoms with E-state index in [2.05, 4.69) is 36.3 Å². The third-order valence-electron chi connectivity index (χ3n) is 4.04. The van der Waals surface area contributed by atoms with Crippen LogP contribution in [0.2, 0.25) is 0 Å². The van der Waals surface area contributed by atoms with Gasteiger partial charge in [0.05, 0.1) is 23.9 Å². The highest BCUT2D eigenvalue weighted by Crippen LogP contribution is 2.22. The molecule has 0 radical (unpaired) electrons. The van der Waals surface area contributed by atoms with Gasteiger partial charge in [0.15, 0.2) is 5.65 Å². The molecule has 28 heavy (non-hydrogen) atoms. The van der Waals surface area contributed by atoms with E-state index >= 15 is 0 Å². The number of amides is 1. The summed E-state index contributed by atoms with van der Waals surface area (Å²) in [6, 6.07) is 9.99. The predicted molar refractivity (Wildman–Crippen MR) is 107 cm³/mol. The number of carbonyl (C=O) groups is 1. The fourth-order valence-corrected chi connectivity index (χ4v) is 3.15. The Balaban J connectivity index is 1.67. The second-order valence-corrected chi connectivity index (χ2v) is 6.82. The van der Waals surface area contributed by atoms with E-state index in [1.807, 2.05) is 0 Å². The summed E-state index contributed by atoms with van der Waals surface area (Å²) in [4.78, 5) is 43.0. The van der Waals surface area contributed by atoms with Crippen LogP contribution in [0.5, 0.6) is 0 Å². The first-order valence-electron chi connectivity index (χ1n) is 8.19. The predicted octanol–water partition coefficient (Wildman–Crippen LogP) is 1.67. The molecule has 0 spiro atoms. The summed E-state index contributed by atoms with van der Waals surface area (Å²) in [7, 11) is 0. The van der Waals surface area contributed by atoms with Crippen molar-refractivity contribution >= 4 is 38.6 Å². The van der Waals surface area contributed by atoms with Gasteiger partial charge in [0.25, 0.3) is 11.1 Å². The molecule has 1 aromatic carbocycles. The maximum atomic E-state index is 12.5. The first-order valence-corrected chi connectivity index (χ1v) is 8.99. The summed E-state index contributed by atoms with van der Waals surface area (Å²) in [6.45, 7) is -0.148. The number of aromatic amines is 1. The zero-order valence-corrected chi connectivity index (χ0v) is 15.9. The summed E-state index contributed by atoms with van der Waals surface area (Å²) in [5.41, 5.74) is 0.807. The van der Waals surface area contributed by atoms with Gasteiger partial charge in [-0.25, -0.2) is 9.67 Å². The lowest BCUT2D eigenvalue weighted by molar-refractivity contribution is -0.116. The lowest BCUT2D eigenvalue weighted by atomic mass is 10.2. The molecule has 1 amide bonds. The number of hydrogen-bond acceptors (Lipinski definition) is 5.